The molecule has 20 heavy (non-hydrogen) atoms. The average Bonchev–Trinajstić information content (AvgIpc) is 2.87. The van der Waals surface area contributed by atoms with Crippen LogP contribution in [-0.4, -0.2) is 20.2 Å². The lowest BCUT2D eigenvalue weighted by Gasteiger charge is -2.19. The summed E-state index contributed by atoms with van der Waals surface area (Å²) in [5.74, 6) is 1.42. The third-order valence-electron chi connectivity index (χ3n) is 4.44. The van der Waals surface area contributed by atoms with Gasteiger partial charge in [0.05, 0.1) is 0 Å². The molecule has 1 fully saturated rings. The highest BCUT2D eigenvalue weighted by Gasteiger charge is 2.11. The molecule has 0 unspecified atom stereocenters. The Morgan fingerprint density at radius 1 is 1.00 bits per heavy atom. The van der Waals surface area contributed by atoms with Crippen molar-refractivity contribution in [2.75, 3.05) is 0 Å². The second kappa shape index (κ2) is 9.06. The maximum absolute atomic E-state index is 10.8. The van der Waals surface area contributed by atoms with Crippen LogP contribution < -0.4 is 0 Å². The summed E-state index contributed by atoms with van der Waals surface area (Å²) in [5.41, 5.74) is 0. The molecule has 5 nitrogen and oxygen atoms in total. The highest BCUT2D eigenvalue weighted by atomic mass is 16.3. The third kappa shape index (κ3) is 5.19. The number of rotatable bonds is 7. The predicted octanol–water partition coefficient (Wildman–Crippen LogP) is 3.52. The molecular weight excluding hydrogens is 252 g/mol. The topological polar surface area (TPSA) is 63.5 Å². The van der Waals surface area contributed by atoms with Gasteiger partial charge in [-0.1, -0.05) is 64.2 Å². The van der Waals surface area contributed by atoms with Crippen LogP contribution in [0.3, 0.4) is 0 Å². The fraction of sp³-hybridized carbons (Fsp3) is 0.933. The van der Waals surface area contributed by atoms with E-state index in [1.807, 2.05) is 0 Å². The lowest BCUT2D eigenvalue weighted by atomic mass is 9.87. The van der Waals surface area contributed by atoms with Crippen LogP contribution in [0.2, 0.25) is 0 Å². The van der Waals surface area contributed by atoms with Gasteiger partial charge in [0, 0.05) is 6.54 Å². The second-order valence-electron chi connectivity index (χ2n) is 6.02. The summed E-state index contributed by atoms with van der Waals surface area (Å²) in [4.78, 5) is 0. The summed E-state index contributed by atoms with van der Waals surface area (Å²) < 4.78 is 1.66. The van der Waals surface area contributed by atoms with Crippen LogP contribution in [0.15, 0.2) is 0 Å². The standard InChI is InChI=1S/C15H27N4O/c20-13-15-16-17-18-19(15)12-8-4-7-11-14-9-5-2-1-3-6-10-14/h14H,1-13H2. The predicted molar refractivity (Wildman–Crippen MR) is 76.5 cm³/mol. The van der Waals surface area contributed by atoms with E-state index in [0.29, 0.717) is 5.82 Å². The summed E-state index contributed by atoms with van der Waals surface area (Å²) in [6, 6.07) is 0. The fourth-order valence-electron chi connectivity index (χ4n) is 3.20. The minimum Gasteiger partial charge on any atom is -0.228 e. The average molecular weight is 279 g/mol. The van der Waals surface area contributed by atoms with Gasteiger partial charge in [-0.15, -0.1) is 5.10 Å². The van der Waals surface area contributed by atoms with Gasteiger partial charge in [0.15, 0.2) is 5.82 Å². The molecule has 1 heterocycles. The van der Waals surface area contributed by atoms with Gasteiger partial charge < -0.3 is 0 Å². The zero-order valence-corrected chi connectivity index (χ0v) is 12.5. The highest BCUT2D eigenvalue weighted by molar-refractivity contribution is 4.75. The van der Waals surface area contributed by atoms with Gasteiger partial charge in [-0.25, -0.2) is 9.79 Å². The zero-order valence-electron chi connectivity index (χ0n) is 12.5. The molecule has 2 rings (SSSR count). The molecule has 0 atom stereocenters. The van der Waals surface area contributed by atoms with Crippen molar-refractivity contribution < 1.29 is 5.11 Å². The van der Waals surface area contributed by atoms with Gasteiger partial charge in [0.25, 0.3) is 0 Å². The van der Waals surface area contributed by atoms with Crippen LogP contribution >= 0.6 is 0 Å². The maximum atomic E-state index is 10.8. The summed E-state index contributed by atoms with van der Waals surface area (Å²) in [6.07, 6.45) is 15.0. The first-order valence-electron chi connectivity index (χ1n) is 8.23. The number of aromatic nitrogens is 4. The molecule has 1 saturated carbocycles. The smallest absolute Gasteiger partial charge is 0.180 e. The van der Waals surface area contributed by atoms with Gasteiger partial charge in [0.1, 0.15) is 6.61 Å². The molecule has 1 aliphatic rings. The first-order chi connectivity index (χ1) is 9.90. The summed E-state index contributed by atoms with van der Waals surface area (Å²) in [7, 11) is 0. The van der Waals surface area contributed by atoms with Gasteiger partial charge in [0.2, 0.25) is 0 Å². The number of nitrogens with zero attached hydrogens (tertiary/aromatic N) is 4. The first kappa shape index (κ1) is 15.4. The van der Waals surface area contributed by atoms with Crippen LogP contribution in [-0.2, 0) is 18.3 Å². The molecule has 0 aromatic carbocycles. The van der Waals surface area contributed by atoms with Gasteiger partial charge in [-0.2, -0.15) is 0 Å². The van der Waals surface area contributed by atoms with E-state index in [1.54, 1.807) is 4.68 Å². The Bertz CT molecular complexity index is 359. The van der Waals surface area contributed by atoms with Crippen LogP contribution in [0.4, 0.5) is 0 Å². The van der Waals surface area contributed by atoms with E-state index in [4.69, 9.17) is 0 Å². The Morgan fingerprint density at radius 2 is 1.75 bits per heavy atom. The number of hydrogen-bond donors (Lipinski definition) is 0. The van der Waals surface area contributed by atoms with Crippen LogP contribution in [0.25, 0.3) is 0 Å². The maximum Gasteiger partial charge on any atom is 0.180 e. The molecule has 1 aliphatic carbocycles. The highest BCUT2D eigenvalue weighted by Crippen LogP contribution is 2.26. The Labute approximate surface area is 121 Å². The quantitative estimate of drug-likeness (QED) is 0.717. The molecule has 5 heteroatoms. The zero-order chi connectivity index (χ0) is 14.0. The number of tetrazole rings is 1. The van der Waals surface area contributed by atoms with E-state index < -0.39 is 0 Å². The number of hydrogen-bond acceptors (Lipinski definition) is 3. The molecule has 113 valence electrons. The minimum absolute atomic E-state index is 0.324. The molecule has 0 saturated heterocycles. The summed E-state index contributed by atoms with van der Waals surface area (Å²) in [5, 5.41) is 21.9. The second-order valence-corrected chi connectivity index (χ2v) is 6.02. The van der Waals surface area contributed by atoms with E-state index in [0.717, 1.165) is 18.9 Å². The van der Waals surface area contributed by atoms with Crippen molar-refractivity contribution >= 4 is 0 Å². The number of aryl methyl sites for hydroxylation is 1. The molecule has 1 aromatic rings. The van der Waals surface area contributed by atoms with Crippen molar-refractivity contribution in [2.24, 2.45) is 5.92 Å². The summed E-state index contributed by atoms with van der Waals surface area (Å²) in [6.45, 7) is 0.463. The van der Waals surface area contributed by atoms with Gasteiger partial charge >= 0.3 is 0 Å². The SMILES string of the molecule is [O]Cc1nnnn1CCCCCC1CCCCCCC1. The molecule has 0 aliphatic heterocycles. The monoisotopic (exact) mass is 279 g/mol. The molecule has 0 spiro atoms. The van der Waals surface area contributed by atoms with Crippen molar-refractivity contribution in [3.8, 4) is 0 Å². The van der Waals surface area contributed by atoms with Crippen molar-refractivity contribution in [2.45, 2.75) is 83.8 Å². The number of unbranched alkanes of at least 4 members (excludes halogenated alkanes) is 2. The fourth-order valence-corrected chi connectivity index (χ4v) is 3.20. The Balaban J connectivity index is 1.56. The van der Waals surface area contributed by atoms with Crippen molar-refractivity contribution in [3.63, 3.8) is 0 Å². The van der Waals surface area contributed by atoms with E-state index in [2.05, 4.69) is 15.5 Å². The van der Waals surface area contributed by atoms with Crippen molar-refractivity contribution in [3.05, 3.63) is 5.82 Å². The normalized spacial score (nSPS) is 17.9. The van der Waals surface area contributed by atoms with E-state index in [-0.39, 0.29) is 6.61 Å². The molecule has 1 aromatic heterocycles. The molecule has 0 bridgehead atoms. The Hall–Kier alpha value is -0.970. The lowest BCUT2D eigenvalue weighted by molar-refractivity contribution is 0.164. The summed E-state index contributed by atoms with van der Waals surface area (Å²) >= 11 is 0. The van der Waals surface area contributed by atoms with E-state index >= 15 is 0 Å². The van der Waals surface area contributed by atoms with Gasteiger partial charge in [-0.3, -0.25) is 0 Å². The molecule has 1 radical (unpaired) electrons. The minimum atomic E-state index is -0.324. The third-order valence-corrected chi connectivity index (χ3v) is 4.44. The first-order valence-corrected chi connectivity index (χ1v) is 8.23. The van der Waals surface area contributed by atoms with Crippen molar-refractivity contribution in [1.82, 2.24) is 20.2 Å². The largest absolute Gasteiger partial charge is 0.228 e. The van der Waals surface area contributed by atoms with Crippen LogP contribution in [0.5, 0.6) is 0 Å². The van der Waals surface area contributed by atoms with Gasteiger partial charge in [-0.05, 0) is 22.8 Å². The van der Waals surface area contributed by atoms with Crippen LogP contribution in [0, 0.1) is 5.92 Å². The van der Waals surface area contributed by atoms with E-state index in [9.17, 15) is 5.11 Å². The molecule has 0 N–H and O–H groups in total. The van der Waals surface area contributed by atoms with Crippen molar-refractivity contribution in [1.29, 1.82) is 0 Å². The Kier molecular flexibility index (Phi) is 6.98. The molecular formula is C15H27N4O. The Morgan fingerprint density at radius 3 is 2.50 bits per heavy atom. The van der Waals surface area contributed by atoms with Crippen LogP contribution in [0.1, 0.15) is 76.5 Å². The van der Waals surface area contributed by atoms with E-state index in [1.165, 1.54) is 64.2 Å². The molecule has 0 amide bonds. The lowest BCUT2D eigenvalue weighted by Crippen LogP contribution is -2.06.